The highest BCUT2D eigenvalue weighted by Gasteiger charge is 2.31. The number of rotatable bonds is 7. The van der Waals surface area contributed by atoms with E-state index >= 15 is 0 Å². The van der Waals surface area contributed by atoms with Crippen LogP contribution in [0.1, 0.15) is 50.1 Å². The molecule has 0 aliphatic carbocycles. The van der Waals surface area contributed by atoms with Gasteiger partial charge in [-0.25, -0.2) is 4.79 Å². The molecular weight excluding hydrogens is 324 g/mol. The van der Waals surface area contributed by atoms with Gasteiger partial charge in [0.2, 0.25) is 11.8 Å². The Morgan fingerprint density at radius 3 is 2.80 bits per heavy atom. The second kappa shape index (κ2) is 7.46. The Bertz CT molecular complexity index is 864. The third-order valence-corrected chi connectivity index (χ3v) is 4.51. The van der Waals surface area contributed by atoms with E-state index < -0.39 is 17.7 Å². The molecule has 132 valence electrons. The molecule has 1 aromatic carbocycles. The van der Waals surface area contributed by atoms with Crippen LogP contribution >= 0.6 is 0 Å². The van der Waals surface area contributed by atoms with Gasteiger partial charge in [-0.15, -0.1) is 0 Å². The van der Waals surface area contributed by atoms with Gasteiger partial charge < -0.3 is 9.21 Å². The maximum absolute atomic E-state index is 12.3. The zero-order chi connectivity index (χ0) is 17.8. The number of carbonyl (C=O) groups excluding carboxylic acids is 3. The predicted octanol–water partition coefficient (Wildman–Crippen LogP) is 1.87. The topological polar surface area (TPSA) is 98.4 Å². The number of aromatic nitrogens is 1. The van der Waals surface area contributed by atoms with E-state index in [-0.39, 0.29) is 18.7 Å². The molecule has 1 N–H and O–H groups in total. The van der Waals surface area contributed by atoms with Crippen LogP contribution in [-0.4, -0.2) is 22.7 Å². The average molecular weight is 344 g/mol. The summed E-state index contributed by atoms with van der Waals surface area (Å²) in [4.78, 5) is 46.1. The number of amides is 2. The number of imide groups is 1. The van der Waals surface area contributed by atoms with Crippen LogP contribution in [0.5, 0.6) is 0 Å². The molecule has 1 aromatic heterocycles. The summed E-state index contributed by atoms with van der Waals surface area (Å²) >= 11 is 0. The van der Waals surface area contributed by atoms with Crippen LogP contribution in [0.2, 0.25) is 0 Å². The molecule has 1 aliphatic rings. The minimum atomic E-state index is -0.728. The molecule has 1 saturated heterocycles. The van der Waals surface area contributed by atoms with Crippen molar-refractivity contribution in [2.45, 2.75) is 51.0 Å². The quantitative estimate of drug-likeness (QED) is 0.470. The average Bonchev–Trinajstić information content (AvgIpc) is 2.92. The molecule has 1 fully saturated rings. The van der Waals surface area contributed by atoms with Crippen molar-refractivity contribution in [1.29, 1.82) is 0 Å². The Hall–Kier alpha value is -2.70. The Labute approximate surface area is 144 Å². The second-order valence-corrected chi connectivity index (χ2v) is 6.24. The molecule has 1 unspecified atom stereocenters. The Kier molecular flexibility index (Phi) is 5.11. The summed E-state index contributed by atoms with van der Waals surface area (Å²) in [6.45, 7) is 0. The lowest BCUT2D eigenvalue weighted by atomic mass is 10.0. The molecule has 1 atom stereocenters. The highest BCUT2D eigenvalue weighted by molar-refractivity contribution is 6.00. The Morgan fingerprint density at radius 2 is 2.04 bits per heavy atom. The van der Waals surface area contributed by atoms with Gasteiger partial charge in [-0.2, -0.15) is 0 Å². The van der Waals surface area contributed by atoms with Crippen LogP contribution in [0, 0.1) is 0 Å². The smallest absolute Gasteiger partial charge is 0.407 e. The van der Waals surface area contributed by atoms with Gasteiger partial charge in [0.05, 0.1) is 5.52 Å². The number of aryl methyl sites for hydroxylation is 1. The van der Waals surface area contributed by atoms with Crippen LogP contribution in [-0.2, 0) is 20.8 Å². The zero-order valence-corrected chi connectivity index (χ0v) is 13.8. The van der Waals surface area contributed by atoms with E-state index in [2.05, 4.69) is 5.32 Å². The number of aldehydes is 1. The lowest BCUT2D eigenvalue weighted by Gasteiger charge is -2.21. The van der Waals surface area contributed by atoms with E-state index in [1.165, 1.54) is 4.57 Å². The minimum Gasteiger partial charge on any atom is -0.407 e. The van der Waals surface area contributed by atoms with E-state index in [0.29, 0.717) is 17.5 Å². The van der Waals surface area contributed by atoms with Crippen molar-refractivity contribution in [2.75, 3.05) is 0 Å². The lowest BCUT2D eigenvalue weighted by molar-refractivity contribution is -0.135. The first kappa shape index (κ1) is 17.1. The van der Waals surface area contributed by atoms with Gasteiger partial charge >= 0.3 is 5.76 Å². The number of carbonyl (C=O) groups is 3. The van der Waals surface area contributed by atoms with Gasteiger partial charge in [-0.1, -0.05) is 18.6 Å². The first-order chi connectivity index (χ1) is 12.1. The highest BCUT2D eigenvalue weighted by Crippen LogP contribution is 2.26. The van der Waals surface area contributed by atoms with E-state index in [1.807, 2.05) is 12.1 Å². The first-order valence-corrected chi connectivity index (χ1v) is 8.52. The standard InChI is InChI=1S/C18H20N2O5/c21-11-4-2-1-3-6-12-7-5-8-13-16(12)25-18(24)20(13)14-9-10-15(22)19-17(14)23/h5,7-8,11,14H,1-4,6,9-10H2,(H,19,22,23). The number of piperidine rings is 1. The van der Waals surface area contributed by atoms with Crippen molar-refractivity contribution >= 4 is 29.2 Å². The molecule has 0 saturated carbocycles. The van der Waals surface area contributed by atoms with Crippen molar-refractivity contribution in [3.63, 3.8) is 0 Å². The summed E-state index contributed by atoms with van der Waals surface area (Å²) in [5, 5.41) is 2.27. The number of benzene rings is 1. The number of fused-ring (bicyclic) bond motifs is 1. The minimum absolute atomic E-state index is 0.200. The number of hydrogen-bond acceptors (Lipinski definition) is 5. The molecular formula is C18H20N2O5. The van der Waals surface area contributed by atoms with E-state index in [9.17, 15) is 19.2 Å². The first-order valence-electron chi connectivity index (χ1n) is 8.52. The van der Waals surface area contributed by atoms with Crippen molar-refractivity contribution < 1.29 is 18.8 Å². The summed E-state index contributed by atoms with van der Waals surface area (Å²) in [5.41, 5.74) is 1.98. The molecule has 2 amide bonds. The Morgan fingerprint density at radius 1 is 1.20 bits per heavy atom. The number of unbranched alkanes of at least 4 members (excludes halogenated alkanes) is 3. The van der Waals surface area contributed by atoms with Gasteiger partial charge in [0.15, 0.2) is 5.58 Å². The molecule has 0 radical (unpaired) electrons. The molecule has 7 nitrogen and oxygen atoms in total. The van der Waals surface area contributed by atoms with Crippen LogP contribution in [0.25, 0.3) is 11.1 Å². The van der Waals surface area contributed by atoms with E-state index in [1.54, 1.807) is 6.07 Å². The lowest BCUT2D eigenvalue weighted by Crippen LogP contribution is -2.43. The molecule has 25 heavy (non-hydrogen) atoms. The maximum atomic E-state index is 12.3. The normalized spacial score (nSPS) is 17.7. The van der Waals surface area contributed by atoms with Gasteiger partial charge in [-0.05, 0) is 37.3 Å². The maximum Gasteiger partial charge on any atom is 0.420 e. The predicted molar refractivity (Wildman–Crippen MR) is 90.1 cm³/mol. The van der Waals surface area contributed by atoms with E-state index in [4.69, 9.17) is 4.42 Å². The van der Waals surface area contributed by atoms with Crippen LogP contribution in [0.15, 0.2) is 27.4 Å². The van der Waals surface area contributed by atoms with E-state index in [0.717, 1.165) is 37.5 Å². The molecule has 2 aromatic rings. The van der Waals surface area contributed by atoms with Gasteiger partial charge in [0, 0.05) is 12.8 Å². The highest BCUT2D eigenvalue weighted by atomic mass is 16.4. The number of oxazole rings is 1. The number of nitrogens with one attached hydrogen (secondary N) is 1. The summed E-state index contributed by atoms with van der Waals surface area (Å²) in [6, 6.07) is 4.76. The van der Waals surface area contributed by atoms with Crippen molar-refractivity contribution in [3.8, 4) is 0 Å². The fourth-order valence-corrected chi connectivity index (χ4v) is 3.25. The monoisotopic (exact) mass is 344 g/mol. The summed E-state index contributed by atoms with van der Waals surface area (Å²) in [5.74, 6) is -1.38. The fourth-order valence-electron chi connectivity index (χ4n) is 3.25. The SMILES string of the molecule is O=CCCCCCc1cccc2c1oc(=O)n2C1CCC(=O)NC1=O. The molecule has 7 heteroatoms. The third kappa shape index (κ3) is 3.55. The number of nitrogens with zero attached hydrogens (tertiary/aromatic N) is 1. The Balaban J connectivity index is 1.86. The van der Waals surface area contributed by atoms with Crippen molar-refractivity contribution in [2.24, 2.45) is 0 Å². The van der Waals surface area contributed by atoms with Crippen molar-refractivity contribution in [1.82, 2.24) is 9.88 Å². The van der Waals surface area contributed by atoms with Crippen LogP contribution < -0.4 is 11.1 Å². The van der Waals surface area contributed by atoms with Gasteiger partial charge in [-0.3, -0.25) is 19.5 Å². The molecule has 0 bridgehead atoms. The largest absolute Gasteiger partial charge is 0.420 e. The third-order valence-electron chi connectivity index (χ3n) is 4.51. The van der Waals surface area contributed by atoms with Gasteiger partial charge in [0.25, 0.3) is 0 Å². The molecule has 1 aliphatic heterocycles. The molecule has 2 heterocycles. The second-order valence-electron chi connectivity index (χ2n) is 6.24. The summed E-state index contributed by atoms with van der Waals surface area (Å²) < 4.78 is 6.76. The van der Waals surface area contributed by atoms with Gasteiger partial charge in [0.1, 0.15) is 12.3 Å². The summed E-state index contributed by atoms with van der Waals surface area (Å²) in [6.07, 6.45) is 5.36. The molecule has 3 rings (SSSR count). The van der Waals surface area contributed by atoms with Crippen LogP contribution in [0.3, 0.4) is 0 Å². The molecule has 0 spiro atoms. The number of para-hydroxylation sites is 1. The van der Waals surface area contributed by atoms with Crippen LogP contribution in [0.4, 0.5) is 0 Å². The fraction of sp³-hybridized carbons (Fsp3) is 0.444. The zero-order valence-electron chi connectivity index (χ0n) is 13.8. The number of hydrogen-bond donors (Lipinski definition) is 1. The van der Waals surface area contributed by atoms with Crippen molar-refractivity contribution in [3.05, 3.63) is 34.3 Å². The summed E-state index contributed by atoms with van der Waals surface area (Å²) in [7, 11) is 0.